The van der Waals surface area contributed by atoms with E-state index in [2.05, 4.69) is 16.0 Å². The average Bonchev–Trinajstić information content (AvgIpc) is 3.15. The van der Waals surface area contributed by atoms with Gasteiger partial charge in [-0.15, -0.1) is 0 Å². The lowest BCUT2D eigenvalue weighted by Crippen LogP contribution is -2.44. The zero-order valence-corrected chi connectivity index (χ0v) is 34.0. The molecule has 0 fully saturated rings. The smallest absolute Gasteiger partial charge is 0.408 e. The molecule has 0 aliphatic heterocycles. The fraction of sp³-hybridized carbons (Fsp3) is 0.286. The molecular weight excluding hydrogens is 800 g/mol. The van der Waals surface area contributed by atoms with Crippen LogP contribution in [0.5, 0.6) is 23.0 Å². The number of amides is 3. The first-order valence-corrected chi connectivity index (χ1v) is 18.2. The van der Waals surface area contributed by atoms with Gasteiger partial charge in [0, 0.05) is 0 Å². The summed E-state index contributed by atoms with van der Waals surface area (Å²) in [5.41, 5.74) is 5.15. The van der Waals surface area contributed by atoms with Gasteiger partial charge < -0.3 is 66.9 Å². The molecule has 61 heavy (non-hydrogen) atoms. The second-order valence-corrected chi connectivity index (χ2v) is 15.0. The number of phenolic OH excluding ortho intramolecular Hbond substituents is 4. The number of aromatic hydroxyl groups is 4. The van der Waals surface area contributed by atoms with Crippen LogP contribution in [0.2, 0.25) is 0 Å². The Kier molecular flexibility index (Phi) is 17.9. The average molecular weight is 851 g/mol. The van der Waals surface area contributed by atoms with Crippen LogP contribution in [-0.4, -0.2) is 82.9 Å². The highest BCUT2D eigenvalue weighted by molar-refractivity contribution is 5.90. The number of carbonyl (C=O) groups excluding carboxylic acids is 3. The van der Waals surface area contributed by atoms with E-state index in [0.29, 0.717) is 16.7 Å². The molecule has 4 aromatic carbocycles. The molecular formula is C42H50N4O15. The van der Waals surface area contributed by atoms with Gasteiger partial charge in [0.05, 0.1) is 0 Å². The number of rotatable bonds is 11. The molecule has 0 aliphatic rings. The molecule has 328 valence electrons. The van der Waals surface area contributed by atoms with Gasteiger partial charge in [0.25, 0.3) is 0 Å². The third-order valence-electron chi connectivity index (χ3n) is 7.56. The van der Waals surface area contributed by atoms with Gasteiger partial charge in [-0.1, -0.05) is 48.5 Å². The number of benzene rings is 4. The molecule has 4 atom stereocenters. The summed E-state index contributed by atoms with van der Waals surface area (Å²) in [5, 5.41) is 71.2. The van der Waals surface area contributed by atoms with Crippen LogP contribution in [0.25, 0.3) is 0 Å². The number of carboxylic acid groups (broad SMARTS) is 3. The quantitative estimate of drug-likeness (QED) is 0.0932. The van der Waals surface area contributed by atoms with Crippen molar-refractivity contribution in [3.63, 3.8) is 0 Å². The SMILES string of the molecule is CC(C)(C)OC(=O)NC(C(=O)NC(C(=O)O)c1ccc(O)cc1)c1ccc(O)cc1.CC(C)(C)OC(=O)NC(C(=O)O)c1ccc(O)cc1.NC(C(=O)O)c1ccc(O)cc1. The van der Waals surface area contributed by atoms with Crippen molar-refractivity contribution in [3.8, 4) is 23.0 Å². The second-order valence-electron chi connectivity index (χ2n) is 15.0. The Bertz CT molecular complexity index is 2100. The van der Waals surface area contributed by atoms with Gasteiger partial charge in [0.15, 0.2) is 12.1 Å². The normalized spacial score (nSPS) is 12.8. The molecule has 3 amide bonds. The van der Waals surface area contributed by atoms with E-state index in [1.807, 2.05) is 0 Å². The molecule has 19 nitrogen and oxygen atoms in total. The monoisotopic (exact) mass is 850 g/mol. The number of aliphatic carboxylic acids is 3. The number of hydrogen-bond donors (Lipinski definition) is 11. The summed E-state index contributed by atoms with van der Waals surface area (Å²) in [4.78, 5) is 70.0. The van der Waals surface area contributed by atoms with Crippen LogP contribution in [0, 0.1) is 0 Å². The van der Waals surface area contributed by atoms with Gasteiger partial charge in [-0.25, -0.2) is 19.2 Å². The summed E-state index contributed by atoms with van der Waals surface area (Å²) in [7, 11) is 0. The van der Waals surface area contributed by atoms with E-state index < -0.39 is 71.4 Å². The van der Waals surface area contributed by atoms with E-state index in [1.54, 1.807) is 41.5 Å². The van der Waals surface area contributed by atoms with E-state index in [1.165, 1.54) is 97.1 Å². The number of nitrogens with two attached hydrogens (primary N) is 1. The largest absolute Gasteiger partial charge is 0.508 e. The van der Waals surface area contributed by atoms with Crippen molar-refractivity contribution in [2.45, 2.75) is 76.9 Å². The van der Waals surface area contributed by atoms with Crippen LogP contribution in [0.1, 0.15) is 88.0 Å². The summed E-state index contributed by atoms with van der Waals surface area (Å²) in [6.45, 7) is 10.0. The molecule has 0 saturated heterocycles. The van der Waals surface area contributed by atoms with Crippen molar-refractivity contribution < 1.29 is 74.0 Å². The summed E-state index contributed by atoms with van der Waals surface area (Å²) in [6, 6.07) is 17.2. The maximum Gasteiger partial charge on any atom is 0.408 e. The first kappa shape index (κ1) is 49.6. The molecule has 0 radical (unpaired) electrons. The maximum atomic E-state index is 12.9. The number of carbonyl (C=O) groups is 6. The molecule has 0 aliphatic carbocycles. The minimum Gasteiger partial charge on any atom is -0.508 e. The molecule has 0 aromatic heterocycles. The highest BCUT2D eigenvalue weighted by Crippen LogP contribution is 2.23. The Labute approximate surface area is 350 Å². The molecule has 4 unspecified atom stereocenters. The summed E-state index contributed by atoms with van der Waals surface area (Å²) in [6.07, 6.45) is -1.68. The van der Waals surface area contributed by atoms with Gasteiger partial charge in [0.1, 0.15) is 46.3 Å². The van der Waals surface area contributed by atoms with Crippen molar-refractivity contribution in [2.75, 3.05) is 0 Å². The predicted molar refractivity (Wildman–Crippen MR) is 217 cm³/mol. The highest BCUT2D eigenvalue weighted by atomic mass is 16.6. The lowest BCUT2D eigenvalue weighted by Gasteiger charge is -2.25. The van der Waals surface area contributed by atoms with E-state index in [4.69, 9.17) is 35.6 Å². The van der Waals surface area contributed by atoms with Gasteiger partial charge in [-0.3, -0.25) is 9.59 Å². The van der Waals surface area contributed by atoms with Gasteiger partial charge >= 0.3 is 30.1 Å². The number of hydrogen-bond acceptors (Lipinski definition) is 13. The minimum absolute atomic E-state index is 0.0187. The standard InChI is InChI=1S/C21H24N2O7.C13H17NO5.C8H9NO3/c1-21(2,3)30-20(29)23-16(12-4-8-14(24)9-5-12)18(26)22-17(19(27)28)13-6-10-15(25)11-7-13;1-13(2,3)19-12(18)14-10(11(16)17)8-4-6-9(15)7-5-8;9-7(8(11)12)5-1-3-6(10)4-2-5/h4-11,16-17,24-25H,1-3H3,(H,22,26)(H,23,29)(H,27,28);4-7,10,15H,1-3H3,(H,14,18)(H,16,17);1-4,7,10H,9H2,(H,11,12). The minimum atomic E-state index is -1.42. The Morgan fingerprint density at radius 1 is 0.443 bits per heavy atom. The molecule has 0 spiro atoms. The van der Waals surface area contributed by atoms with Crippen molar-refractivity contribution in [2.24, 2.45) is 5.73 Å². The lowest BCUT2D eigenvalue weighted by molar-refractivity contribution is -0.142. The molecule has 4 aromatic rings. The van der Waals surface area contributed by atoms with Crippen LogP contribution in [0.15, 0.2) is 97.1 Å². The lowest BCUT2D eigenvalue weighted by atomic mass is 10.0. The zero-order valence-electron chi connectivity index (χ0n) is 34.0. The van der Waals surface area contributed by atoms with Crippen LogP contribution in [0.4, 0.5) is 9.59 Å². The first-order chi connectivity index (χ1) is 28.3. The third-order valence-corrected chi connectivity index (χ3v) is 7.56. The number of carboxylic acids is 3. The molecule has 4 rings (SSSR count). The predicted octanol–water partition coefficient (Wildman–Crippen LogP) is 5.12. The Morgan fingerprint density at radius 3 is 0.984 bits per heavy atom. The number of nitrogens with one attached hydrogen (secondary N) is 3. The second kappa shape index (κ2) is 22.0. The fourth-order valence-corrected chi connectivity index (χ4v) is 4.78. The first-order valence-electron chi connectivity index (χ1n) is 18.2. The van der Waals surface area contributed by atoms with Crippen LogP contribution in [-0.2, 0) is 28.7 Å². The fourth-order valence-electron chi connectivity index (χ4n) is 4.78. The van der Waals surface area contributed by atoms with Crippen molar-refractivity contribution in [1.82, 2.24) is 16.0 Å². The number of ether oxygens (including phenoxy) is 2. The summed E-state index contributed by atoms with van der Waals surface area (Å²) >= 11 is 0. The third kappa shape index (κ3) is 17.9. The number of alkyl carbamates (subject to hydrolysis) is 2. The molecule has 12 N–H and O–H groups in total. The molecule has 0 bridgehead atoms. The van der Waals surface area contributed by atoms with Crippen LogP contribution < -0.4 is 21.7 Å². The van der Waals surface area contributed by atoms with E-state index in [0.717, 1.165) is 0 Å². The highest BCUT2D eigenvalue weighted by Gasteiger charge is 2.31. The van der Waals surface area contributed by atoms with Crippen LogP contribution in [0.3, 0.4) is 0 Å². The Balaban J connectivity index is 0.000000351. The van der Waals surface area contributed by atoms with Gasteiger partial charge in [0.2, 0.25) is 5.91 Å². The molecule has 0 heterocycles. The van der Waals surface area contributed by atoms with Gasteiger partial charge in [-0.05, 0) is 112 Å². The molecule has 0 saturated carbocycles. The van der Waals surface area contributed by atoms with Crippen molar-refractivity contribution in [1.29, 1.82) is 0 Å². The maximum absolute atomic E-state index is 12.9. The zero-order chi connectivity index (χ0) is 46.2. The van der Waals surface area contributed by atoms with Crippen molar-refractivity contribution in [3.05, 3.63) is 119 Å². The van der Waals surface area contributed by atoms with Crippen LogP contribution >= 0.6 is 0 Å². The Morgan fingerprint density at radius 2 is 0.705 bits per heavy atom. The van der Waals surface area contributed by atoms with E-state index in [-0.39, 0.29) is 28.6 Å². The topological polar surface area (TPSA) is 325 Å². The van der Waals surface area contributed by atoms with Crippen molar-refractivity contribution >= 4 is 36.0 Å². The Hall–Kier alpha value is -7.54. The molecule has 19 heteroatoms. The summed E-state index contributed by atoms with van der Waals surface area (Å²) in [5.74, 6) is -4.40. The van der Waals surface area contributed by atoms with E-state index in [9.17, 15) is 44.1 Å². The summed E-state index contributed by atoms with van der Waals surface area (Å²) < 4.78 is 10.2. The van der Waals surface area contributed by atoms with Gasteiger partial charge in [-0.2, -0.15) is 0 Å². The number of phenols is 4. The van der Waals surface area contributed by atoms with E-state index >= 15 is 0 Å².